The first-order valence-electron chi connectivity index (χ1n) is 9.44. The quantitative estimate of drug-likeness (QED) is 0.383. The van der Waals surface area contributed by atoms with Crippen LogP contribution in [0.4, 0.5) is 0 Å². The number of aromatic hydroxyl groups is 1. The Morgan fingerprint density at radius 2 is 1.61 bits per heavy atom. The summed E-state index contributed by atoms with van der Waals surface area (Å²) in [6, 6.07) is 14.1. The van der Waals surface area contributed by atoms with E-state index in [4.69, 9.17) is 14.2 Å². The van der Waals surface area contributed by atoms with E-state index in [1.807, 2.05) is 0 Å². The van der Waals surface area contributed by atoms with E-state index < -0.39 is 49.3 Å². The van der Waals surface area contributed by atoms with Crippen molar-refractivity contribution in [1.29, 1.82) is 0 Å². The number of ether oxygens (including phenoxy) is 3. The first-order chi connectivity index (χ1) is 14.8. The number of hydrogen-bond donors (Lipinski definition) is 4. The Balaban J connectivity index is 1.57. The van der Waals surface area contributed by atoms with Crippen LogP contribution in [0.3, 0.4) is 0 Å². The summed E-state index contributed by atoms with van der Waals surface area (Å²) in [7, 11) is 0. The Kier molecular flexibility index (Phi) is 7.37. The minimum absolute atomic E-state index is 0.0893. The zero-order valence-electron chi connectivity index (χ0n) is 16.3. The molecule has 0 aromatic heterocycles. The zero-order chi connectivity index (χ0) is 22.4. The standard InChI is InChI=1S/C22H22O9/c23-15-9-6-13(7-10-15)8-11-17(24)29-12-16-18(25)19(26)20(27)22(30-16)31-21(28)14-4-2-1-3-5-14/h1-11,16,18-20,22-23,25-27H,12H2/b11-8+/t16-,18-,19+,20-,22+/m0/s1. The van der Waals surface area contributed by atoms with Gasteiger partial charge in [0.05, 0.1) is 5.56 Å². The first-order valence-corrected chi connectivity index (χ1v) is 9.44. The molecular weight excluding hydrogens is 408 g/mol. The van der Waals surface area contributed by atoms with Crippen LogP contribution in [0.1, 0.15) is 15.9 Å². The number of hydrogen-bond acceptors (Lipinski definition) is 9. The van der Waals surface area contributed by atoms with E-state index in [0.717, 1.165) is 6.08 Å². The molecule has 5 atom stereocenters. The van der Waals surface area contributed by atoms with E-state index in [-0.39, 0.29) is 11.3 Å². The van der Waals surface area contributed by atoms with Crippen molar-refractivity contribution in [3.63, 3.8) is 0 Å². The second kappa shape index (κ2) is 10.2. The molecule has 1 saturated heterocycles. The van der Waals surface area contributed by atoms with Gasteiger partial charge < -0.3 is 34.6 Å². The van der Waals surface area contributed by atoms with Crippen LogP contribution in [0.5, 0.6) is 5.75 Å². The molecule has 1 fully saturated rings. The van der Waals surface area contributed by atoms with Crippen molar-refractivity contribution in [3.05, 3.63) is 71.8 Å². The summed E-state index contributed by atoms with van der Waals surface area (Å²) in [5.41, 5.74) is 0.858. The van der Waals surface area contributed by atoms with Crippen molar-refractivity contribution in [2.24, 2.45) is 0 Å². The largest absolute Gasteiger partial charge is 0.508 e. The van der Waals surface area contributed by atoms with Gasteiger partial charge in [0.25, 0.3) is 0 Å². The van der Waals surface area contributed by atoms with Crippen molar-refractivity contribution in [1.82, 2.24) is 0 Å². The molecule has 3 rings (SSSR count). The molecule has 164 valence electrons. The number of carbonyl (C=O) groups is 2. The van der Waals surface area contributed by atoms with Crippen LogP contribution in [0, 0.1) is 0 Å². The van der Waals surface area contributed by atoms with Crippen molar-refractivity contribution in [2.75, 3.05) is 6.61 Å². The highest BCUT2D eigenvalue weighted by molar-refractivity contribution is 5.89. The predicted octanol–water partition coefficient (Wildman–Crippen LogP) is 0.613. The molecule has 2 aromatic rings. The normalized spacial score (nSPS) is 25.8. The summed E-state index contributed by atoms with van der Waals surface area (Å²) in [5.74, 6) is -1.45. The maximum Gasteiger partial charge on any atom is 0.340 e. The minimum Gasteiger partial charge on any atom is -0.508 e. The second-order valence-electron chi connectivity index (χ2n) is 6.84. The van der Waals surface area contributed by atoms with Crippen LogP contribution in [-0.4, -0.2) is 69.7 Å². The number of aliphatic hydroxyl groups excluding tert-OH is 3. The van der Waals surface area contributed by atoms with E-state index in [1.165, 1.54) is 30.3 Å². The van der Waals surface area contributed by atoms with Crippen LogP contribution < -0.4 is 0 Å². The molecule has 0 saturated carbocycles. The number of rotatable bonds is 6. The molecule has 0 amide bonds. The van der Waals surface area contributed by atoms with Gasteiger partial charge in [-0.2, -0.15) is 0 Å². The maximum atomic E-state index is 12.2. The average Bonchev–Trinajstić information content (AvgIpc) is 2.78. The van der Waals surface area contributed by atoms with Crippen molar-refractivity contribution < 1.29 is 44.2 Å². The predicted molar refractivity (Wildman–Crippen MR) is 107 cm³/mol. The van der Waals surface area contributed by atoms with E-state index >= 15 is 0 Å². The van der Waals surface area contributed by atoms with E-state index in [1.54, 1.807) is 30.3 Å². The third-order valence-corrected chi connectivity index (χ3v) is 4.60. The summed E-state index contributed by atoms with van der Waals surface area (Å²) < 4.78 is 15.5. The molecule has 1 aliphatic heterocycles. The van der Waals surface area contributed by atoms with E-state index in [9.17, 15) is 30.0 Å². The Morgan fingerprint density at radius 1 is 0.935 bits per heavy atom. The molecule has 0 aliphatic carbocycles. The number of phenolic OH excluding ortho intramolecular Hbond substituents is 1. The fourth-order valence-corrected chi connectivity index (χ4v) is 2.86. The number of esters is 2. The molecule has 2 aromatic carbocycles. The molecule has 9 heteroatoms. The Hall–Kier alpha value is -3.24. The molecule has 1 heterocycles. The third kappa shape index (κ3) is 5.89. The van der Waals surface area contributed by atoms with Crippen LogP contribution >= 0.6 is 0 Å². The topological polar surface area (TPSA) is 143 Å². The van der Waals surface area contributed by atoms with Gasteiger partial charge in [0.15, 0.2) is 0 Å². The highest BCUT2D eigenvalue weighted by Crippen LogP contribution is 2.23. The smallest absolute Gasteiger partial charge is 0.340 e. The minimum atomic E-state index is -1.69. The fraction of sp³-hybridized carbons (Fsp3) is 0.273. The Labute approximate surface area is 177 Å². The van der Waals surface area contributed by atoms with Gasteiger partial charge in [-0.1, -0.05) is 30.3 Å². The van der Waals surface area contributed by atoms with Crippen LogP contribution in [0.2, 0.25) is 0 Å². The van der Waals surface area contributed by atoms with Gasteiger partial charge in [-0.3, -0.25) is 0 Å². The fourth-order valence-electron chi connectivity index (χ4n) is 2.86. The number of aliphatic hydroxyl groups is 3. The first kappa shape index (κ1) is 22.4. The van der Waals surface area contributed by atoms with Gasteiger partial charge in [0.2, 0.25) is 6.29 Å². The third-order valence-electron chi connectivity index (χ3n) is 4.60. The maximum absolute atomic E-state index is 12.2. The lowest BCUT2D eigenvalue weighted by Crippen LogP contribution is -2.59. The molecule has 0 spiro atoms. The highest BCUT2D eigenvalue weighted by Gasteiger charge is 2.46. The lowest BCUT2D eigenvalue weighted by atomic mass is 9.99. The number of phenols is 1. The summed E-state index contributed by atoms with van der Waals surface area (Å²) in [5, 5.41) is 39.5. The molecule has 4 N–H and O–H groups in total. The van der Waals surface area contributed by atoms with Gasteiger partial charge in [0.1, 0.15) is 36.8 Å². The van der Waals surface area contributed by atoms with Gasteiger partial charge in [-0.05, 0) is 35.9 Å². The van der Waals surface area contributed by atoms with Crippen molar-refractivity contribution in [2.45, 2.75) is 30.7 Å². The van der Waals surface area contributed by atoms with E-state index in [2.05, 4.69) is 0 Å². The van der Waals surface area contributed by atoms with Crippen LogP contribution in [0.15, 0.2) is 60.7 Å². The molecule has 1 aliphatic rings. The summed E-state index contributed by atoms with van der Waals surface area (Å²) in [4.78, 5) is 24.1. The van der Waals surface area contributed by atoms with Gasteiger partial charge in [-0.15, -0.1) is 0 Å². The van der Waals surface area contributed by atoms with E-state index in [0.29, 0.717) is 5.56 Å². The SMILES string of the molecule is O=C(/C=C/c1ccc(O)cc1)OC[C@@H]1O[C@H](OC(=O)c2ccccc2)[C@@H](O)[C@H](O)[C@H]1O. The summed E-state index contributed by atoms with van der Waals surface area (Å²) >= 11 is 0. The van der Waals surface area contributed by atoms with Crippen molar-refractivity contribution in [3.8, 4) is 5.75 Å². The second-order valence-corrected chi connectivity index (χ2v) is 6.84. The summed E-state index contributed by atoms with van der Waals surface area (Å²) in [6.07, 6.45) is -5.15. The van der Waals surface area contributed by atoms with Gasteiger partial charge in [-0.25, -0.2) is 9.59 Å². The van der Waals surface area contributed by atoms with Crippen LogP contribution in [-0.2, 0) is 19.0 Å². The lowest BCUT2D eigenvalue weighted by Gasteiger charge is -2.39. The molecule has 31 heavy (non-hydrogen) atoms. The molecule has 9 nitrogen and oxygen atoms in total. The highest BCUT2D eigenvalue weighted by atomic mass is 16.7. The average molecular weight is 430 g/mol. The van der Waals surface area contributed by atoms with Gasteiger partial charge >= 0.3 is 11.9 Å². The van der Waals surface area contributed by atoms with Crippen LogP contribution in [0.25, 0.3) is 6.08 Å². The Bertz CT molecular complexity index is 910. The van der Waals surface area contributed by atoms with Crippen molar-refractivity contribution >= 4 is 18.0 Å². The lowest BCUT2D eigenvalue weighted by molar-refractivity contribution is -0.285. The molecule has 0 unspecified atom stereocenters. The number of benzene rings is 2. The van der Waals surface area contributed by atoms with Gasteiger partial charge in [0, 0.05) is 6.08 Å². The molecule has 0 radical (unpaired) electrons. The molecule has 0 bridgehead atoms. The molecular formula is C22H22O9. The summed E-state index contributed by atoms with van der Waals surface area (Å²) in [6.45, 7) is -0.455. The monoisotopic (exact) mass is 430 g/mol. The Morgan fingerprint density at radius 3 is 2.29 bits per heavy atom. The number of carbonyl (C=O) groups excluding carboxylic acids is 2. The zero-order valence-corrected chi connectivity index (χ0v) is 16.3.